The van der Waals surface area contributed by atoms with Gasteiger partial charge >= 0.3 is 0 Å². The van der Waals surface area contributed by atoms with Crippen LogP contribution in [0.4, 0.5) is 0 Å². The summed E-state index contributed by atoms with van der Waals surface area (Å²) in [5.41, 5.74) is 1.12. The monoisotopic (exact) mass is 316 g/mol. The van der Waals surface area contributed by atoms with E-state index in [-0.39, 0.29) is 17.4 Å². The number of carbonyl (C=O) groups is 1. The van der Waals surface area contributed by atoms with E-state index in [2.05, 4.69) is 46.6 Å². The SMILES string of the molecule is Cc1nnnn1CCC(=O)NC(CC(C)(C)C)c1cccnc1. The van der Waals surface area contributed by atoms with Crippen LogP contribution in [0.1, 0.15) is 51.0 Å². The first-order chi connectivity index (χ1) is 10.8. The molecule has 124 valence electrons. The lowest BCUT2D eigenvalue weighted by atomic mass is 9.86. The predicted octanol–water partition coefficient (Wildman–Crippen LogP) is 2.06. The van der Waals surface area contributed by atoms with Crippen LogP contribution in [-0.2, 0) is 11.3 Å². The van der Waals surface area contributed by atoms with E-state index in [4.69, 9.17) is 0 Å². The molecular weight excluding hydrogens is 292 g/mol. The summed E-state index contributed by atoms with van der Waals surface area (Å²) >= 11 is 0. The van der Waals surface area contributed by atoms with Crippen molar-refractivity contribution in [3.05, 3.63) is 35.9 Å². The van der Waals surface area contributed by atoms with Crippen LogP contribution in [0, 0.1) is 12.3 Å². The minimum Gasteiger partial charge on any atom is -0.349 e. The molecule has 0 radical (unpaired) electrons. The molecule has 2 heterocycles. The van der Waals surface area contributed by atoms with Crippen LogP contribution in [0.5, 0.6) is 0 Å². The second-order valence-electron chi connectivity index (χ2n) is 6.87. The van der Waals surface area contributed by atoms with E-state index < -0.39 is 0 Å². The van der Waals surface area contributed by atoms with Gasteiger partial charge in [0.1, 0.15) is 5.82 Å². The van der Waals surface area contributed by atoms with Gasteiger partial charge in [0, 0.05) is 18.8 Å². The van der Waals surface area contributed by atoms with Crippen LogP contribution in [0.3, 0.4) is 0 Å². The van der Waals surface area contributed by atoms with E-state index in [9.17, 15) is 4.79 Å². The molecule has 0 aliphatic rings. The quantitative estimate of drug-likeness (QED) is 0.881. The smallest absolute Gasteiger partial charge is 0.222 e. The van der Waals surface area contributed by atoms with E-state index in [1.165, 1.54) is 0 Å². The van der Waals surface area contributed by atoms with Gasteiger partial charge in [-0.05, 0) is 40.8 Å². The van der Waals surface area contributed by atoms with Gasteiger partial charge in [0.2, 0.25) is 5.91 Å². The second kappa shape index (κ2) is 7.30. The summed E-state index contributed by atoms with van der Waals surface area (Å²) in [6.45, 7) is 8.77. The van der Waals surface area contributed by atoms with Crippen LogP contribution in [-0.4, -0.2) is 31.1 Å². The van der Waals surface area contributed by atoms with Gasteiger partial charge in [-0.2, -0.15) is 0 Å². The Balaban J connectivity index is 1.99. The van der Waals surface area contributed by atoms with Crippen LogP contribution in [0.25, 0.3) is 0 Å². The normalized spacial score (nSPS) is 12.9. The van der Waals surface area contributed by atoms with Gasteiger partial charge in [-0.25, -0.2) is 4.68 Å². The highest BCUT2D eigenvalue weighted by atomic mass is 16.1. The van der Waals surface area contributed by atoms with E-state index in [0.29, 0.717) is 18.8 Å². The summed E-state index contributed by atoms with van der Waals surface area (Å²) < 4.78 is 1.63. The largest absolute Gasteiger partial charge is 0.349 e. The average molecular weight is 316 g/mol. The van der Waals surface area contributed by atoms with Gasteiger partial charge < -0.3 is 5.32 Å². The number of amides is 1. The Morgan fingerprint density at radius 3 is 2.74 bits per heavy atom. The third-order valence-electron chi connectivity index (χ3n) is 3.50. The first kappa shape index (κ1) is 17.1. The summed E-state index contributed by atoms with van der Waals surface area (Å²) in [4.78, 5) is 16.5. The highest BCUT2D eigenvalue weighted by Gasteiger charge is 2.22. The molecule has 1 unspecified atom stereocenters. The molecule has 23 heavy (non-hydrogen) atoms. The van der Waals surface area contributed by atoms with Gasteiger partial charge in [0.25, 0.3) is 0 Å². The van der Waals surface area contributed by atoms with E-state index in [0.717, 1.165) is 12.0 Å². The Morgan fingerprint density at radius 2 is 2.17 bits per heavy atom. The first-order valence-electron chi connectivity index (χ1n) is 7.77. The van der Waals surface area contributed by atoms with Gasteiger partial charge in [-0.15, -0.1) is 5.10 Å². The van der Waals surface area contributed by atoms with Crippen LogP contribution in [0.2, 0.25) is 0 Å². The van der Waals surface area contributed by atoms with Crippen molar-refractivity contribution in [1.82, 2.24) is 30.5 Å². The van der Waals surface area contributed by atoms with Crippen LogP contribution in [0.15, 0.2) is 24.5 Å². The summed E-state index contributed by atoms with van der Waals surface area (Å²) in [6, 6.07) is 3.84. The minimum atomic E-state index is -0.0498. The molecule has 0 spiro atoms. The standard InChI is InChI=1S/C16H24N6O/c1-12-19-20-21-22(12)9-7-15(23)18-14(10-16(2,3)4)13-6-5-8-17-11-13/h5-6,8,11,14H,7,9-10H2,1-4H3,(H,18,23). The van der Waals surface area contributed by atoms with Crippen molar-refractivity contribution >= 4 is 5.91 Å². The lowest BCUT2D eigenvalue weighted by Gasteiger charge is -2.27. The van der Waals surface area contributed by atoms with Crippen molar-refractivity contribution in [2.75, 3.05) is 0 Å². The zero-order valence-corrected chi connectivity index (χ0v) is 14.2. The number of pyridine rings is 1. The maximum Gasteiger partial charge on any atom is 0.222 e. The second-order valence-corrected chi connectivity index (χ2v) is 6.87. The average Bonchev–Trinajstić information content (AvgIpc) is 2.89. The molecule has 2 aromatic heterocycles. The number of rotatable bonds is 6. The van der Waals surface area contributed by atoms with Crippen LogP contribution < -0.4 is 5.32 Å². The molecule has 0 fully saturated rings. The fourth-order valence-corrected chi connectivity index (χ4v) is 2.38. The number of aryl methyl sites for hydroxylation is 2. The summed E-state index contributed by atoms with van der Waals surface area (Å²) in [7, 11) is 0. The Bertz CT molecular complexity index is 632. The number of hydrogen-bond acceptors (Lipinski definition) is 5. The molecule has 0 aliphatic heterocycles. The zero-order chi connectivity index (χ0) is 16.9. The number of hydrogen-bond donors (Lipinski definition) is 1. The van der Waals surface area contributed by atoms with Gasteiger partial charge in [-0.1, -0.05) is 26.8 Å². The van der Waals surface area contributed by atoms with Crippen molar-refractivity contribution in [3.8, 4) is 0 Å². The fourth-order valence-electron chi connectivity index (χ4n) is 2.38. The number of nitrogens with zero attached hydrogens (tertiary/aromatic N) is 5. The molecule has 2 rings (SSSR count). The molecule has 2 aromatic rings. The number of carbonyl (C=O) groups excluding carboxylic acids is 1. The van der Waals surface area contributed by atoms with Crippen molar-refractivity contribution in [3.63, 3.8) is 0 Å². The zero-order valence-electron chi connectivity index (χ0n) is 14.2. The van der Waals surface area contributed by atoms with Gasteiger partial charge in [0.15, 0.2) is 0 Å². The molecule has 0 saturated heterocycles. The van der Waals surface area contributed by atoms with Crippen molar-refractivity contribution in [2.24, 2.45) is 5.41 Å². The van der Waals surface area contributed by atoms with Gasteiger partial charge in [0.05, 0.1) is 12.6 Å². The van der Waals surface area contributed by atoms with E-state index in [1.807, 2.05) is 25.3 Å². The Labute approximate surface area is 136 Å². The third-order valence-corrected chi connectivity index (χ3v) is 3.50. The Hall–Kier alpha value is -2.31. The molecule has 1 N–H and O–H groups in total. The molecular formula is C16H24N6O. The summed E-state index contributed by atoms with van der Waals surface area (Å²) in [6.07, 6.45) is 4.73. The lowest BCUT2D eigenvalue weighted by Crippen LogP contribution is -2.32. The Morgan fingerprint density at radius 1 is 1.39 bits per heavy atom. The van der Waals surface area contributed by atoms with Crippen molar-refractivity contribution in [2.45, 2.75) is 53.1 Å². The van der Waals surface area contributed by atoms with Crippen LogP contribution >= 0.6 is 0 Å². The summed E-state index contributed by atoms with van der Waals surface area (Å²) in [5.74, 6) is 0.689. The van der Waals surface area contributed by atoms with E-state index in [1.54, 1.807) is 10.9 Å². The first-order valence-corrected chi connectivity index (χ1v) is 7.77. The molecule has 7 nitrogen and oxygen atoms in total. The van der Waals surface area contributed by atoms with Gasteiger partial charge in [-0.3, -0.25) is 9.78 Å². The van der Waals surface area contributed by atoms with E-state index >= 15 is 0 Å². The maximum atomic E-state index is 12.3. The Kier molecular flexibility index (Phi) is 5.41. The van der Waals surface area contributed by atoms with Crippen molar-refractivity contribution < 1.29 is 4.79 Å². The highest BCUT2D eigenvalue weighted by molar-refractivity contribution is 5.76. The number of aromatic nitrogens is 5. The number of nitrogens with one attached hydrogen (secondary N) is 1. The molecule has 0 bridgehead atoms. The summed E-state index contributed by atoms with van der Waals surface area (Å²) in [5, 5.41) is 14.4. The molecule has 0 aromatic carbocycles. The molecule has 1 atom stereocenters. The predicted molar refractivity (Wildman–Crippen MR) is 86.4 cm³/mol. The molecule has 7 heteroatoms. The molecule has 0 aliphatic carbocycles. The number of tetrazole rings is 1. The molecule has 1 amide bonds. The topological polar surface area (TPSA) is 85.6 Å². The van der Waals surface area contributed by atoms with Crippen molar-refractivity contribution in [1.29, 1.82) is 0 Å². The highest BCUT2D eigenvalue weighted by Crippen LogP contribution is 2.29. The maximum absolute atomic E-state index is 12.3. The minimum absolute atomic E-state index is 0.0157. The lowest BCUT2D eigenvalue weighted by molar-refractivity contribution is -0.122. The molecule has 0 saturated carbocycles. The fraction of sp³-hybridized carbons (Fsp3) is 0.562. The third kappa shape index (κ3) is 5.43.